The molecular formula is C17H20BrN3O4. The number of benzene rings is 1. The lowest BCUT2D eigenvalue weighted by atomic mass is 10.1. The molecule has 1 heterocycles. The van der Waals surface area contributed by atoms with Gasteiger partial charge in [-0.05, 0) is 48.8 Å². The van der Waals surface area contributed by atoms with Crippen LogP contribution in [-0.4, -0.2) is 53.3 Å². The number of hydrogen-bond donors (Lipinski definition) is 1. The lowest BCUT2D eigenvalue weighted by molar-refractivity contribution is -0.143. The van der Waals surface area contributed by atoms with Crippen LogP contribution in [0.5, 0.6) is 0 Å². The van der Waals surface area contributed by atoms with Crippen molar-refractivity contribution in [2.24, 2.45) is 0 Å². The van der Waals surface area contributed by atoms with E-state index in [0.717, 1.165) is 0 Å². The molecule has 0 aromatic heterocycles. The van der Waals surface area contributed by atoms with Gasteiger partial charge in [0.05, 0.1) is 11.3 Å². The van der Waals surface area contributed by atoms with Gasteiger partial charge in [-0.15, -0.1) is 0 Å². The van der Waals surface area contributed by atoms with Crippen LogP contribution >= 0.6 is 15.9 Å². The van der Waals surface area contributed by atoms with Crippen LogP contribution in [0.2, 0.25) is 0 Å². The van der Waals surface area contributed by atoms with Gasteiger partial charge >= 0.3 is 12.1 Å². The van der Waals surface area contributed by atoms with Gasteiger partial charge in [-0.25, -0.2) is 9.59 Å². The van der Waals surface area contributed by atoms with Crippen LogP contribution in [-0.2, 0) is 9.53 Å². The third-order valence-corrected chi connectivity index (χ3v) is 4.40. The number of hydrogen-bond acceptors (Lipinski definition) is 5. The largest absolute Gasteiger partial charge is 0.480 e. The first kappa shape index (κ1) is 19.1. The summed E-state index contributed by atoms with van der Waals surface area (Å²) in [6.07, 6.45) is -0.644. The molecule has 1 aliphatic rings. The first-order valence-electron chi connectivity index (χ1n) is 7.80. The van der Waals surface area contributed by atoms with Gasteiger partial charge in [0.15, 0.2) is 0 Å². The summed E-state index contributed by atoms with van der Waals surface area (Å²) in [6.45, 7) is 5.89. The summed E-state index contributed by atoms with van der Waals surface area (Å²) in [5.74, 6) is -1.11. The molecule has 8 heteroatoms. The molecule has 1 saturated heterocycles. The number of piperazine rings is 1. The molecule has 0 saturated carbocycles. The molecule has 0 bridgehead atoms. The van der Waals surface area contributed by atoms with Crippen molar-refractivity contribution in [3.63, 3.8) is 0 Å². The fraction of sp³-hybridized carbons (Fsp3) is 0.471. The van der Waals surface area contributed by atoms with E-state index in [2.05, 4.69) is 22.0 Å². The molecule has 1 fully saturated rings. The second-order valence-electron chi connectivity index (χ2n) is 6.72. The summed E-state index contributed by atoms with van der Waals surface area (Å²) in [4.78, 5) is 27.0. The fourth-order valence-corrected chi connectivity index (χ4v) is 3.08. The zero-order valence-corrected chi connectivity index (χ0v) is 15.9. The Labute approximate surface area is 154 Å². The van der Waals surface area contributed by atoms with Gasteiger partial charge in [-0.1, -0.05) is 6.07 Å². The van der Waals surface area contributed by atoms with E-state index < -0.39 is 23.7 Å². The fourth-order valence-electron chi connectivity index (χ4n) is 2.64. The number of anilines is 1. The van der Waals surface area contributed by atoms with Crippen molar-refractivity contribution in [1.82, 2.24) is 4.90 Å². The van der Waals surface area contributed by atoms with Gasteiger partial charge in [0, 0.05) is 24.1 Å². The summed E-state index contributed by atoms with van der Waals surface area (Å²) in [6, 6.07) is 6.40. The van der Waals surface area contributed by atoms with Crippen molar-refractivity contribution in [3.05, 3.63) is 28.2 Å². The highest BCUT2D eigenvalue weighted by Gasteiger charge is 2.38. The van der Waals surface area contributed by atoms with E-state index in [1.165, 1.54) is 4.90 Å². The molecule has 0 aliphatic carbocycles. The molecule has 25 heavy (non-hydrogen) atoms. The maximum Gasteiger partial charge on any atom is 0.411 e. The zero-order chi connectivity index (χ0) is 18.8. The Morgan fingerprint density at radius 2 is 2.04 bits per heavy atom. The number of nitrogens with zero attached hydrogens (tertiary/aromatic N) is 3. The minimum Gasteiger partial charge on any atom is -0.480 e. The molecule has 1 aromatic rings. The van der Waals surface area contributed by atoms with E-state index in [9.17, 15) is 20.0 Å². The molecule has 7 nitrogen and oxygen atoms in total. The van der Waals surface area contributed by atoms with Crippen molar-refractivity contribution in [1.29, 1.82) is 5.26 Å². The van der Waals surface area contributed by atoms with Gasteiger partial charge in [0.25, 0.3) is 0 Å². The smallest absolute Gasteiger partial charge is 0.411 e. The molecule has 1 aliphatic heterocycles. The number of carboxylic acids is 1. The normalized spacial score (nSPS) is 17.8. The van der Waals surface area contributed by atoms with Gasteiger partial charge < -0.3 is 14.7 Å². The lowest BCUT2D eigenvalue weighted by Gasteiger charge is -2.40. The minimum absolute atomic E-state index is 0.0830. The number of aliphatic carboxylic acids is 1. The number of ether oxygens (including phenoxy) is 1. The highest BCUT2D eigenvalue weighted by atomic mass is 79.9. The molecule has 1 aromatic carbocycles. The second-order valence-corrected chi connectivity index (χ2v) is 7.57. The number of nitriles is 1. The van der Waals surface area contributed by atoms with Crippen molar-refractivity contribution >= 4 is 33.7 Å². The first-order chi connectivity index (χ1) is 11.6. The topological polar surface area (TPSA) is 93.9 Å². The Kier molecular flexibility index (Phi) is 5.58. The number of carbonyl (C=O) groups excluding carboxylic acids is 1. The molecule has 134 valence electrons. The van der Waals surface area contributed by atoms with Crippen LogP contribution in [0.15, 0.2) is 22.7 Å². The number of rotatable bonds is 2. The summed E-state index contributed by atoms with van der Waals surface area (Å²) in [5.41, 5.74) is 0.388. The van der Waals surface area contributed by atoms with E-state index in [-0.39, 0.29) is 13.1 Å². The molecule has 0 radical (unpaired) electrons. The number of carboxylic acid groups (broad SMARTS) is 1. The molecule has 2 rings (SSSR count). The average Bonchev–Trinajstić information content (AvgIpc) is 2.52. The average molecular weight is 410 g/mol. The van der Waals surface area contributed by atoms with E-state index in [1.807, 2.05) is 4.90 Å². The number of halogens is 1. The highest BCUT2D eigenvalue weighted by Crippen LogP contribution is 2.29. The predicted octanol–water partition coefficient (Wildman–Crippen LogP) is 2.83. The molecule has 1 atom stereocenters. The van der Waals surface area contributed by atoms with Crippen molar-refractivity contribution < 1.29 is 19.4 Å². The van der Waals surface area contributed by atoms with Gasteiger partial charge in [-0.2, -0.15) is 5.26 Å². The Bertz CT molecular complexity index is 724. The van der Waals surface area contributed by atoms with Gasteiger partial charge in [-0.3, -0.25) is 4.90 Å². The SMILES string of the molecule is CC(C)(C)OC(=O)N1CCN(c2cccc(Br)c2C#N)CC1C(=O)O. The minimum atomic E-state index is -1.11. The van der Waals surface area contributed by atoms with E-state index in [0.29, 0.717) is 22.3 Å². The first-order valence-corrected chi connectivity index (χ1v) is 8.59. The van der Waals surface area contributed by atoms with Gasteiger partial charge in [0.2, 0.25) is 0 Å². The highest BCUT2D eigenvalue weighted by molar-refractivity contribution is 9.10. The van der Waals surface area contributed by atoms with Crippen LogP contribution in [0, 0.1) is 11.3 Å². The van der Waals surface area contributed by atoms with Crippen molar-refractivity contribution in [2.45, 2.75) is 32.4 Å². The number of carbonyl (C=O) groups is 2. The van der Waals surface area contributed by atoms with Crippen LogP contribution in [0.1, 0.15) is 26.3 Å². The van der Waals surface area contributed by atoms with Crippen LogP contribution in [0.4, 0.5) is 10.5 Å². The third-order valence-electron chi connectivity index (χ3n) is 3.74. The Hall–Kier alpha value is -2.27. The van der Waals surface area contributed by atoms with Crippen LogP contribution in [0.25, 0.3) is 0 Å². The second kappa shape index (κ2) is 7.31. The van der Waals surface area contributed by atoms with E-state index in [1.54, 1.807) is 39.0 Å². The van der Waals surface area contributed by atoms with Crippen molar-refractivity contribution in [3.8, 4) is 6.07 Å². The molecular weight excluding hydrogens is 390 g/mol. The van der Waals surface area contributed by atoms with Crippen LogP contribution < -0.4 is 4.90 Å². The summed E-state index contributed by atoms with van der Waals surface area (Å²) < 4.78 is 5.96. The zero-order valence-electron chi connectivity index (χ0n) is 14.3. The third kappa shape index (κ3) is 4.42. The Morgan fingerprint density at radius 3 is 2.60 bits per heavy atom. The Balaban J connectivity index is 2.25. The summed E-state index contributed by atoms with van der Waals surface area (Å²) >= 11 is 3.34. The molecule has 1 unspecified atom stereocenters. The Morgan fingerprint density at radius 1 is 1.36 bits per heavy atom. The summed E-state index contributed by atoms with van der Waals surface area (Å²) in [7, 11) is 0. The van der Waals surface area contributed by atoms with Crippen LogP contribution in [0.3, 0.4) is 0 Å². The monoisotopic (exact) mass is 409 g/mol. The molecule has 1 N–H and O–H groups in total. The number of amides is 1. The molecule has 0 spiro atoms. The quantitative estimate of drug-likeness (QED) is 0.806. The maximum atomic E-state index is 12.3. The standard InChI is InChI=1S/C17H20BrN3O4/c1-17(2,3)25-16(24)21-8-7-20(10-14(21)15(22)23)13-6-4-5-12(18)11(13)9-19/h4-6,14H,7-8,10H2,1-3H3,(H,22,23). The maximum absolute atomic E-state index is 12.3. The van der Waals surface area contributed by atoms with E-state index in [4.69, 9.17) is 4.74 Å². The van der Waals surface area contributed by atoms with E-state index >= 15 is 0 Å². The van der Waals surface area contributed by atoms with Gasteiger partial charge in [0.1, 0.15) is 17.7 Å². The van der Waals surface area contributed by atoms with Crippen molar-refractivity contribution in [2.75, 3.05) is 24.5 Å². The summed E-state index contributed by atoms with van der Waals surface area (Å²) in [5, 5.41) is 18.9. The predicted molar refractivity (Wildman–Crippen MR) is 95.4 cm³/mol. The molecule has 1 amide bonds. The lowest BCUT2D eigenvalue weighted by Crippen LogP contribution is -2.59.